The molecule has 0 aliphatic rings. The molecule has 2 heterocycles. The molecular weight excluding hydrogens is 183 g/mol. The summed E-state index contributed by atoms with van der Waals surface area (Å²) in [4.78, 5) is 8.62. The maximum Gasteiger partial charge on any atom is 0.433 e. The third-order valence-electron chi connectivity index (χ3n) is 1.65. The molecule has 0 unspecified atom stereocenters. The van der Waals surface area contributed by atoms with E-state index < -0.39 is 11.9 Å². The van der Waals surface area contributed by atoms with Crippen LogP contribution in [0.1, 0.15) is 5.69 Å². The first-order chi connectivity index (χ1) is 6.07. The van der Waals surface area contributed by atoms with Crippen LogP contribution in [0.4, 0.5) is 13.2 Å². The fraction of sp³-hybridized carbons (Fsp3) is 0.143. The molecule has 0 saturated carbocycles. The summed E-state index contributed by atoms with van der Waals surface area (Å²) in [5.41, 5.74) is 0.0474. The van der Waals surface area contributed by atoms with E-state index in [1.165, 1.54) is 6.33 Å². The van der Waals surface area contributed by atoms with E-state index in [1.807, 2.05) is 0 Å². The number of hydrogen-bond acceptors (Lipinski definition) is 1. The number of aromatic amines is 2. The maximum atomic E-state index is 12.1. The first-order valence-electron chi connectivity index (χ1n) is 3.49. The normalized spacial score (nSPS) is 12.2. The van der Waals surface area contributed by atoms with Crippen molar-refractivity contribution in [2.75, 3.05) is 0 Å². The number of H-pyrrole nitrogens is 2. The van der Waals surface area contributed by atoms with Crippen molar-refractivity contribution in [2.24, 2.45) is 0 Å². The van der Waals surface area contributed by atoms with Gasteiger partial charge in [-0.1, -0.05) is 0 Å². The Hall–Kier alpha value is -1.59. The summed E-state index contributed by atoms with van der Waals surface area (Å²) in [6, 6.07) is 0.964. The van der Waals surface area contributed by atoms with Crippen molar-refractivity contribution in [3.63, 3.8) is 0 Å². The quantitative estimate of drug-likeness (QED) is 0.667. The van der Waals surface area contributed by atoms with Crippen LogP contribution in [0, 0.1) is 0 Å². The highest BCUT2D eigenvalue weighted by Crippen LogP contribution is 2.28. The summed E-state index contributed by atoms with van der Waals surface area (Å²) in [5, 5.41) is 0. The van der Waals surface area contributed by atoms with Crippen LogP contribution in [0.3, 0.4) is 0 Å². The first-order valence-corrected chi connectivity index (χ1v) is 3.49. The van der Waals surface area contributed by atoms with E-state index in [4.69, 9.17) is 0 Å². The molecule has 0 bridgehead atoms. The van der Waals surface area contributed by atoms with Gasteiger partial charge < -0.3 is 0 Å². The number of nitrogens with one attached hydrogen (secondary N) is 2. The lowest BCUT2D eigenvalue weighted by Gasteiger charge is -2.02. The molecule has 0 spiro atoms. The van der Waals surface area contributed by atoms with E-state index in [9.17, 15) is 13.2 Å². The average Bonchev–Trinajstić information content (AvgIpc) is 2.47. The van der Waals surface area contributed by atoms with Crippen LogP contribution in [0.25, 0.3) is 11.0 Å². The van der Waals surface area contributed by atoms with Crippen molar-refractivity contribution in [3.05, 3.63) is 24.3 Å². The number of nitrogens with zero attached hydrogens (tertiary/aromatic N) is 1. The number of imidazole rings is 1. The number of fused-ring (bicyclic) bond motifs is 1. The zero-order valence-electron chi connectivity index (χ0n) is 6.31. The summed E-state index contributed by atoms with van der Waals surface area (Å²) < 4.78 is 36.4. The van der Waals surface area contributed by atoms with E-state index in [2.05, 4.69) is 15.0 Å². The van der Waals surface area contributed by atoms with Crippen molar-refractivity contribution in [2.45, 2.75) is 6.18 Å². The van der Waals surface area contributed by atoms with Gasteiger partial charge in [0, 0.05) is 6.07 Å². The molecule has 68 valence electrons. The van der Waals surface area contributed by atoms with Crippen molar-refractivity contribution in [1.29, 1.82) is 0 Å². The van der Waals surface area contributed by atoms with Crippen LogP contribution in [0.15, 0.2) is 18.6 Å². The lowest BCUT2D eigenvalue weighted by atomic mass is 10.3. The summed E-state index contributed by atoms with van der Waals surface area (Å²) in [6.45, 7) is 0. The molecule has 2 aromatic heterocycles. The summed E-state index contributed by atoms with van der Waals surface area (Å²) >= 11 is 0. The minimum atomic E-state index is -4.39. The van der Waals surface area contributed by atoms with Gasteiger partial charge in [0.2, 0.25) is 6.33 Å². The van der Waals surface area contributed by atoms with E-state index in [1.54, 1.807) is 0 Å². The zero-order chi connectivity index (χ0) is 9.47. The number of alkyl halides is 3. The van der Waals surface area contributed by atoms with Gasteiger partial charge in [-0.05, 0) is 0 Å². The van der Waals surface area contributed by atoms with Gasteiger partial charge in [-0.3, -0.25) is 0 Å². The third-order valence-corrected chi connectivity index (χ3v) is 1.65. The molecule has 0 fully saturated rings. The van der Waals surface area contributed by atoms with Gasteiger partial charge >= 0.3 is 6.18 Å². The molecular formula is C7H5F3N3+. The third kappa shape index (κ3) is 1.34. The Bertz CT molecular complexity index is 432. The second-order valence-electron chi connectivity index (χ2n) is 2.55. The minimum Gasteiger partial charge on any atom is -0.247 e. The van der Waals surface area contributed by atoms with Gasteiger partial charge in [0.1, 0.15) is 5.69 Å². The Kier molecular flexibility index (Phi) is 1.51. The summed E-state index contributed by atoms with van der Waals surface area (Å²) in [5.74, 6) is 0. The van der Waals surface area contributed by atoms with Crippen LogP contribution < -0.4 is 4.98 Å². The number of aromatic nitrogens is 3. The van der Waals surface area contributed by atoms with E-state index in [0.29, 0.717) is 11.0 Å². The predicted molar refractivity (Wildman–Crippen MR) is 37.7 cm³/mol. The molecule has 6 heteroatoms. The Balaban J connectivity index is 2.61. The fourth-order valence-electron chi connectivity index (χ4n) is 1.04. The van der Waals surface area contributed by atoms with Crippen LogP contribution in [0.2, 0.25) is 0 Å². The number of hydrogen-bond donors (Lipinski definition) is 1. The maximum absolute atomic E-state index is 12.1. The van der Waals surface area contributed by atoms with Crippen molar-refractivity contribution < 1.29 is 18.2 Å². The molecule has 0 amide bonds. The topological polar surface area (TPSA) is 42.8 Å². The molecule has 0 radical (unpaired) electrons. The number of pyridine rings is 1. The van der Waals surface area contributed by atoms with Crippen molar-refractivity contribution in [3.8, 4) is 0 Å². The summed E-state index contributed by atoms with van der Waals surface area (Å²) in [6.07, 6.45) is -1.79. The van der Waals surface area contributed by atoms with Crippen molar-refractivity contribution >= 4 is 11.0 Å². The van der Waals surface area contributed by atoms with Gasteiger partial charge in [0.05, 0.1) is 6.20 Å². The molecule has 0 saturated heterocycles. The fourth-order valence-corrected chi connectivity index (χ4v) is 1.04. The van der Waals surface area contributed by atoms with Gasteiger partial charge in [-0.25, -0.2) is 15.0 Å². The van der Waals surface area contributed by atoms with Crippen LogP contribution in [-0.4, -0.2) is 9.97 Å². The van der Waals surface area contributed by atoms with Crippen LogP contribution >= 0.6 is 0 Å². The second-order valence-corrected chi connectivity index (χ2v) is 2.55. The zero-order valence-corrected chi connectivity index (χ0v) is 6.31. The molecule has 0 atom stereocenters. The van der Waals surface area contributed by atoms with Gasteiger partial charge in [0.25, 0.3) is 0 Å². The van der Waals surface area contributed by atoms with Crippen molar-refractivity contribution in [1.82, 2.24) is 9.97 Å². The van der Waals surface area contributed by atoms with E-state index in [-0.39, 0.29) is 0 Å². The standard InChI is InChI=1S/C7H4F3N3/c8-7(9,10)6-1-4-5(2-11-6)13-3-12-4/h1-3H,(H,12,13)/p+1. The Labute approximate surface area is 70.6 Å². The monoisotopic (exact) mass is 188 g/mol. The Morgan fingerprint density at radius 2 is 2.15 bits per heavy atom. The molecule has 0 aromatic carbocycles. The SMILES string of the molecule is FC(F)(F)c1cc2[nH+]c[nH]c2cn1. The highest BCUT2D eigenvalue weighted by Gasteiger charge is 2.33. The minimum absolute atomic E-state index is 0.391. The Morgan fingerprint density at radius 1 is 1.38 bits per heavy atom. The average molecular weight is 188 g/mol. The highest BCUT2D eigenvalue weighted by molar-refractivity contribution is 5.69. The molecule has 13 heavy (non-hydrogen) atoms. The lowest BCUT2D eigenvalue weighted by molar-refractivity contribution is -0.344. The van der Waals surface area contributed by atoms with E-state index >= 15 is 0 Å². The highest BCUT2D eigenvalue weighted by atomic mass is 19.4. The molecule has 0 aliphatic carbocycles. The lowest BCUT2D eigenvalue weighted by Crippen LogP contribution is -2.08. The van der Waals surface area contributed by atoms with Gasteiger partial charge in [0.15, 0.2) is 11.0 Å². The van der Waals surface area contributed by atoms with Gasteiger partial charge in [-0.15, -0.1) is 0 Å². The number of rotatable bonds is 0. The molecule has 2 aromatic rings. The van der Waals surface area contributed by atoms with Crippen LogP contribution in [-0.2, 0) is 6.18 Å². The van der Waals surface area contributed by atoms with E-state index in [0.717, 1.165) is 12.3 Å². The first kappa shape index (κ1) is 8.03. The molecule has 2 rings (SSSR count). The van der Waals surface area contributed by atoms with Crippen LogP contribution in [0.5, 0.6) is 0 Å². The molecule has 0 aliphatic heterocycles. The molecule has 3 nitrogen and oxygen atoms in total. The molecule has 2 N–H and O–H groups in total. The smallest absolute Gasteiger partial charge is 0.247 e. The summed E-state index contributed by atoms with van der Waals surface area (Å²) in [7, 11) is 0. The Morgan fingerprint density at radius 3 is 2.85 bits per heavy atom. The number of halogens is 3. The second kappa shape index (κ2) is 2.45. The van der Waals surface area contributed by atoms with Gasteiger partial charge in [-0.2, -0.15) is 13.2 Å². The predicted octanol–water partition coefficient (Wildman–Crippen LogP) is 1.40. The largest absolute Gasteiger partial charge is 0.433 e.